The fourth-order valence-electron chi connectivity index (χ4n) is 1.65. The Balaban J connectivity index is 3.24. The van der Waals surface area contributed by atoms with Gasteiger partial charge in [0.05, 0.1) is 4.90 Å². The van der Waals surface area contributed by atoms with Gasteiger partial charge in [-0.3, -0.25) is 0 Å². The van der Waals surface area contributed by atoms with Crippen LogP contribution < -0.4 is 0 Å². The minimum absolute atomic E-state index is 0.144. The summed E-state index contributed by atoms with van der Waals surface area (Å²) in [6.07, 6.45) is -3.15. The van der Waals surface area contributed by atoms with Crippen LogP contribution in [0.4, 0.5) is 13.2 Å². The van der Waals surface area contributed by atoms with Crippen molar-refractivity contribution in [2.75, 3.05) is 0 Å². The Labute approximate surface area is 105 Å². The molecule has 18 heavy (non-hydrogen) atoms. The number of benzene rings is 1. The van der Waals surface area contributed by atoms with Gasteiger partial charge in [0, 0.05) is 0 Å². The molecule has 2 nitrogen and oxygen atoms in total. The van der Waals surface area contributed by atoms with Gasteiger partial charge in [0.2, 0.25) is 9.84 Å². The summed E-state index contributed by atoms with van der Waals surface area (Å²) in [6, 6.07) is 5.69. The molecule has 0 heterocycles. The van der Waals surface area contributed by atoms with Gasteiger partial charge in [-0.05, 0) is 24.0 Å². The van der Waals surface area contributed by atoms with Crippen LogP contribution >= 0.6 is 0 Å². The summed E-state index contributed by atoms with van der Waals surface area (Å²) < 4.78 is 61.1. The van der Waals surface area contributed by atoms with Gasteiger partial charge in [0.15, 0.2) is 0 Å². The molecule has 0 aliphatic carbocycles. The molecular formula is C12H15F3O2S. The third-order valence-corrected chi connectivity index (χ3v) is 4.21. The first-order valence-corrected chi connectivity index (χ1v) is 7.05. The van der Waals surface area contributed by atoms with Crippen LogP contribution in [0.15, 0.2) is 29.2 Å². The Hall–Kier alpha value is -1.04. The summed E-state index contributed by atoms with van der Waals surface area (Å²) in [5.41, 5.74) is -2.80. The minimum Gasteiger partial charge on any atom is -0.223 e. The molecule has 1 atom stereocenters. The van der Waals surface area contributed by atoms with E-state index in [2.05, 4.69) is 0 Å². The molecule has 1 rings (SSSR count). The van der Waals surface area contributed by atoms with Crippen molar-refractivity contribution >= 4 is 9.84 Å². The standard InChI is InChI=1S/C12H15F3O2S/c1-8(2)7-9-5-3-4-6-10(9)18(16,17)12(15)11(13)14/h3-6,8,11-12H,7H2,1-2H3. The summed E-state index contributed by atoms with van der Waals surface area (Å²) >= 11 is 0. The largest absolute Gasteiger partial charge is 0.284 e. The second-order valence-corrected chi connectivity index (χ2v) is 6.42. The van der Waals surface area contributed by atoms with Gasteiger partial charge < -0.3 is 0 Å². The SMILES string of the molecule is CC(C)Cc1ccccc1S(=O)(=O)C(F)C(F)F. The van der Waals surface area contributed by atoms with Crippen molar-refractivity contribution in [1.29, 1.82) is 0 Å². The highest BCUT2D eigenvalue weighted by atomic mass is 32.2. The maximum absolute atomic E-state index is 13.2. The Bertz CT molecular complexity index is 498. The molecule has 0 saturated heterocycles. The quantitative estimate of drug-likeness (QED) is 0.830. The summed E-state index contributed by atoms with van der Waals surface area (Å²) in [5, 5.41) is 0. The van der Waals surface area contributed by atoms with E-state index in [0.29, 0.717) is 12.0 Å². The number of halogens is 3. The first kappa shape index (κ1) is 15.0. The lowest BCUT2D eigenvalue weighted by Gasteiger charge is -2.14. The molecule has 1 unspecified atom stereocenters. The summed E-state index contributed by atoms with van der Waals surface area (Å²) in [4.78, 5) is -0.341. The predicted molar refractivity (Wildman–Crippen MR) is 63.1 cm³/mol. The maximum Gasteiger partial charge on any atom is 0.284 e. The lowest BCUT2D eigenvalue weighted by molar-refractivity contribution is 0.0902. The maximum atomic E-state index is 13.2. The molecular weight excluding hydrogens is 265 g/mol. The predicted octanol–water partition coefficient (Wildman–Crippen LogP) is 3.22. The molecule has 0 spiro atoms. The Morgan fingerprint density at radius 1 is 1.11 bits per heavy atom. The lowest BCUT2D eigenvalue weighted by atomic mass is 10.0. The molecule has 0 aliphatic heterocycles. The van der Waals surface area contributed by atoms with Gasteiger partial charge in [0.25, 0.3) is 11.9 Å². The molecule has 102 valence electrons. The van der Waals surface area contributed by atoms with Crippen LogP contribution in [-0.2, 0) is 16.3 Å². The molecule has 0 aromatic heterocycles. The molecule has 0 amide bonds. The third kappa shape index (κ3) is 3.25. The van der Waals surface area contributed by atoms with Crippen molar-refractivity contribution in [3.63, 3.8) is 0 Å². The summed E-state index contributed by atoms with van der Waals surface area (Å²) in [5.74, 6) is 0.144. The van der Waals surface area contributed by atoms with Crippen LogP contribution in [-0.4, -0.2) is 20.3 Å². The molecule has 0 aliphatic rings. The third-order valence-electron chi connectivity index (χ3n) is 2.40. The van der Waals surface area contributed by atoms with E-state index >= 15 is 0 Å². The van der Waals surface area contributed by atoms with Gasteiger partial charge in [-0.15, -0.1) is 0 Å². The van der Waals surface area contributed by atoms with E-state index in [-0.39, 0.29) is 10.8 Å². The zero-order valence-electron chi connectivity index (χ0n) is 10.1. The smallest absolute Gasteiger partial charge is 0.223 e. The van der Waals surface area contributed by atoms with Crippen LogP contribution in [0.2, 0.25) is 0 Å². The molecule has 6 heteroatoms. The van der Waals surface area contributed by atoms with E-state index < -0.39 is 21.8 Å². The zero-order valence-corrected chi connectivity index (χ0v) is 10.9. The average molecular weight is 280 g/mol. The first-order valence-electron chi connectivity index (χ1n) is 5.50. The minimum atomic E-state index is -4.63. The number of alkyl halides is 3. The molecule has 0 bridgehead atoms. The Morgan fingerprint density at radius 3 is 2.17 bits per heavy atom. The molecule has 0 saturated carbocycles. The van der Waals surface area contributed by atoms with Crippen molar-refractivity contribution < 1.29 is 21.6 Å². The lowest BCUT2D eigenvalue weighted by Crippen LogP contribution is -2.25. The van der Waals surface area contributed by atoms with Gasteiger partial charge >= 0.3 is 0 Å². The second-order valence-electron chi connectivity index (χ2n) is 4.44. The van der Waals surface area contributed by atoms with Crippen LogP contribution in [0.3, 0.4) is 0 Å². The van der Waals surface area contributed by atoms with Crippen LogP contribution in [0.5, 0.6) is 0 Å². The first-order chi connectivity index (χ1) is 8.26. The molecule has 1 aromatic rings. The highest BCUT2D eigenvalue weighted by Crippen LogP contribution is 2.26. The fraction of sp³-hybridized carbons (Fsp3) is 0.500. The van der Waals surface area contributed by atoms with Gasteiger partial charge in [-0.1, -0.05) is 32.0 Å². The van der Waals surface area contributed by atoms with E-state index in [9.17, 15) is 21.6 Å². The van der Waals surface area contributed by atoms with Crippen molar-refractivity contribution in [2.24, 2.45) is 5.92 Å². The van der Waals surface area contributed by atoms with Crippen molar-refractivity contribution in [3.8, 4) is 0 Å². The Morgan fingerprint density at radius 2 is 1.67 bits per heavy atom. The van der Waals surface area contributed by atoms with E-state index in [4.69, 9.17) is 0 Å². The second kappa shape index (κ2) is 5.73. The van der Waals surface area contributed by atoms with E-state index in [1.807, 2.05) is 13.8 Å². The van der Waals surface area contributed by atoms with Crippen molar-refractivity contribution in [1.82, 2.24) is 0 Å². The topological polar surface area (TPSA) is 34.1 Å². The van der Waals surface area contributed by atoms with E-state index in [1.54, 1.807) is 6.07 Å². The van der Waals surface area contributed by atoms with Crippen LogP contribution in [0.1, 0.15) is 19.4 Å². The highest BCUT2D eigenvalue weighted by molar-refractivity contribution is 7.92. The normalized spacial score (nSPS) is 14.2. The van der Waals surface area contributed by atoms with E-state index in [1.165, 1.54) is 18.2 Å². The van der Waals surface area contributed by atoms with Crippen LogP contribution in [0, 0.1) is 5.92 Å². The van der Waals surface area contributed by atoms with Gasteiger partial charge in [-0.2, -0.15) is 0 Å². The average Bonchev–Trinajstić information content (AvgIpc) is 2.27. The van der Waals surface area contributed by atoms with Crippen molar-refractivity contribution in [2.45, 2.75) is 37.1 Å². The Kier molecular flexibility index (Phi) is 4.78. The fourth-order valence-corrected chi connectivity index (χ4v) is 2.95. The summed E-state index contributed by atoms with van der Waals surface area (Å²) in [6.45, 7) is 3.73. The molecule has 0 radical (unpaired) electrons. The van der Waals surface area contributed by atoms with E-state index in [0.717, 1.165) is 0 Å². The van der Waals surface area contributed by atoms with Crippen LogP contribution in [0.25, 0.3) is 0 Å². The number of rotatable bonds is 5. The molecule has 1 aromatic carbocycles. The zero-order chi connectivity index (χ0) is 13.9. The van der Waals surface area contributed by atoms with Gasteiger partial charge in [-0.25, -0.2) is 21.6 Å². The number of hydrogen-bond donors (Lipinski definition) is 0. The highest BCUT2D eigenvalue weighted by Gasteiger charge is 2.36. The molecule has 0 fully saturated rings. The number of hydrogen-bond acceptors (Lipinski definition) is 2. The summed E-state index contributed by atoms with van der Waals surface area (Å²) in [7, 11) is -4.63. The van der Waals surface area contributed by atoms with Gasteiger partial charge in [0.1, 0.15) is 0 Å². The van der Waals surface area contributed by atoms with Crippen molar-refractivity contribution in [3.05, 3.63) is 29.8 Å². The monoisotopic (exact) mass is 280 g/mol. The number of sulfone groups is 1. The molecule has 0 N–H and O–H groups in total.